The Bertz CT molecular complexity index is 720. The summed E-state index contributed by atoms with van der Waals surface area (Å²) in [5.74, 6) is -3.30. The summed E-state index contributed by atoms with van der Waals surface area (Å²) in [6, 6.07) is 5.82. The van der Waals surface area contributed by atoms with E-state index in [2.05, 4.69) is 9.72 Å². The summed E-state index contributed by atoms with van der Waals surface area (Å²) in [5.41, 5.74) is 1.25. The van der Waals surface area contributed by atoms with Gasteiger partial charge in [0.05, 0.1) is 18.7 Å². The number of carbonyl (C=O) groups is 3. The number of esters is 1. The van der Waals surface area contributed by atoms with E-state index in [0.717, 1.165) is 5.56 Å². The van der Waals surface area contributed by atoms with Gasteiger partial charge in [-0.25, -0.2) is 14.2 Å². The van der Waals surface area contributed by atoms with Crippen molar-refractivity contribution in [2.45, 2.75) is 19.8 Å². The molecule has 0 bridgehead atoms. The highest BCUT2D eigenvalue weighted by Gasteiger charge is 2.23. The molecule has 0 spiro atoms. The number of ether oxygens (including phenoxy) is 1. The van der Waals surface area contributed by atoms with Crippen LogP contribution in [0.25, 0.3) is 0 Å². The van der Waals surface area contributed by atoms with Crippen LogP contribution in [0.5, 0.6) is 0 Å². The number of halogens is 1. The highest BCUT2D eigenvalue weighted by atomic mass is 19.1. The largest absolute Gasteiger partial charge is 0.460 e. The average Bonchev–Trinajstić information content (AvgIpc) is 2.98. The monoisotopic (exact) mass is 319 g/mol. The number of rotatable bonds is 7. The maximum absolute atomic E-state index is 12.8. The molecule has 0 aliphatic carbocycles. The van der Waals surface area contributed by atoms with E-state index in [1.165, 1.54) is 18.4 Å². The van der Waals surface area contributed by atoms with E-state index < -0.39 is 24.0 Å². The Balaban J connectivity index is 1.98. The Morgan fingerprint density at radius 1 is 1.22 bits per heavy atom. The van der Waals surface area contributed by atoms with Crippen molar-refractivity contribution in [3.63, 3.8) is 0 Å². The van der Waals surface area contributed by atoms with Crippen LogP contribution < -0.4 is 0 Å². The third-order valence-electron chi connectivity index (χ3n) is 2.91. The van der Waals surface area contributed by atoms with Crippen molar-refractivity contribution in [3.8, 4) is 0 Å². The standard InChI is InChI=1S/C16H14FNO5/c1-2-22-16(21)14(20)8-13(19)15-18-12(9-23-15)7-10-3-5-11(17)6-4-10/h3-6,9H,2,7-8H2,1H3. The SMILES string of the molecule is CCOC(=O)C(=O)CC(=O)c1nc(Cc2ccc(F)cc2)co1. The van der Waals surface area contributed by atoms with Crippen molar-refractivity contribution in [1.29, 1.82) is 0 Å². The molecule has 0 saturated heterocycles. The van der Waals surface area contributed by atoms with Crippen LogP contribution in [-0.2, 0) is 20.7 Å². The molecule has 0 radical (unpaired) electrons. The summed E-state index contributed by atoms with van der Waals surface area (Å²) in [6.45, 7) is 1.61. The van der Waals surface area contributed by atoms with Gasteiger partial charge in [0.15, 0.2) is 0 Å². The number of nitrogens with zero attached hydrogens (tertiary/aromatic N) is 1. The van der Waals surface area contributed by atoms with Crippen LogP contribution in [-0.4, -0.2) is 29.1 Å². The first-order valence-electron chi connectivity index (χ1n) is 6.91. The molecular weight excluding hydrogens is 305 g/mol. The Labute approximate surface area is 131 Å². The molecule has 1 heterocycles. The van der Waals surface area contributed by atoms with Gasteiger partial charge in [-0.3, -0.25) is 9.59 Å². The van der Waals surface area contributed by atoms with E-state index in [4.69, 9.17) is 4.42 Å². The Morgan fingerprint density at radius 3 is 2.57 bits per heavy atom. The van der Waals surface area contributed by atoms with Crippen molar-refractivity contribution in [1.82, 2.24) is 4.98 Å². The van der Waals surface area contributed by atoms with Gasteiger partial charge in [-0.2, -0.15) is 0 Å². The van der Waals surface area contributed by atoms with Crippen molar-refractivity contribution in [3.05, 3.63) is 53.5 Å². The maximum atomic E-state index is 12.8. The lowest BCUT2D eigenvalue weighted by Gasteiger charge is -1.98. The average molecular weight is 319 g/mol. The number of carbonyl (C=O) groups excluding carboxylic acids is 3. The number of benzene rings is 1. The highest BCUT2D eigenvalue weighted by Crippen LogP contribution is 2.12. The van der Waals surface area contributed by atoms with Crippen molar-refractivity contribution in [2.75, 3.05) is 6.61 Å². The molecule has 0 amide bonds. The molecule has 0 atom stereocenters. The van der Waals surface area contributed by atoms with Crippen molar-refractivity contribution >= 4 is 17.5 Å². The first-order valence-corrected chi connectivity index (χ1v) is 6.91. The fourth-order valence-electron chi connectivity index (χ4n) is 1.83. The molecule has 0 fully saturated rings. The summed E-state index contributed by atoms with van der Waals surface area (Å²) >= 11 is 0. The molecule has 1 aromatic carbocycles. The van der Waals surface area contributed by atoms with E-state index in [9.17, 15) is 18.8 Å². The molecule has 7 heteroatoms. The molecule has 0 aliphatic rings. The van der Waals surface area contributed by atoms with E-state index in [0.29, 0.717) is 12.1 Å². The third kappa shape index (κ3) is 4.57. The predicted octanol–water partition coefficient (Wildman–Crippen LogP) is 2.11. The van der Waals surface area contributed by atoms with Gasteiger partial charge in [-0.15, -0.1) is 0 Å². The Hall–Kier alpha value is -2.83. The van der Waals surface area contributed by atoms with Gasteiger partial charge in [0.25, 0.3) is 5.89 Å². The van der Waals surface area contributed by atoms with E-state index in [1.807, 2.05) is 0 Å². The normalized spacial score (nSPS) is 10.3. The minimum atomic E-state index is -1.06. The summed E-state index contributed by atoms with van der Waals surface area (Å²) in [6.07, 6.45) is 0.976. The second kappa shape index (κ2) is 7.44. The molecule has 0 aliphatic heterocycles. The molecule has 2 rings (SSSR count). The van der Waals surface area contributed by atoms with Crippen LogP contribution in [0.15, 0.2) is 34.9 Å². The Kier molecular flexibility index (Phi) is 5.35. The van der Waals surface area contributed by atoms with E-state index >= 15 is 0 Å². The smallest absolute Gasteiger partial charge is 0.375 e. The van der Waals surface area contributed by atoms with E-state index in [1.54, 1.807) is 19.1 Å². The zero-order valence-corrected chi connectivity index (χ0v) is 12.4. The minimum absolute atomic E-state index is 0.0551. The van der Waals surface area contributed by atoms with Crippen molar-refractivity contribution in [2.24, 2.45) is 0 Å². The van der Waals surface area contributed by atoms with Crippen molar-refractivity contribution < 1.29 is 27.9 Å². The number of oxazole rings is 1. The third-order valence-corrected chi connectivity index (χ3v) is 2.91. The second-order valence-corrected chi connectivity index (χ2v) is 4.69. The van der Waals surface area contributed by atoms with Gasteiger partial charge in [-0.1, -0.05) is 12.1 Å². The van der Waals surface area contributed by atoms with Crippen LogP contribution in [0.3, 0.4) is 0 Å². The van der Waals surface area contributed by atoms with Crippen LogP contribution in [0.1, 0.15) is 35.3 Å². The molecule has 0 N–H and O–H groups in total. The van der Waals surface area contributed by atoms with Gasteiger partial charge in [-0.05, 0) is 24.6 Å². The fourth-order valence-corrected chi connectivity index (χ4v) is 1.83. The van der Waals surface area contributed by atoms with Gasteiger partial charge in [0.1, 0.15) is 12.1 Å². The molecule has 23 heavy (non-hydrogen) atoms. The quantitative estimate of drug-likeness (QED) is 0.336. The second-order valence-electron chi connectivity index (χ2n) is 4.69. The van der Waals surface area contributed by atoms with Crippen LogP contribution in [0, 0.1) is 5.82 Å². The molecule has 1 aromatic heterocycles. The topological polar surface area (TPSA) is 86.5 Å². The first-order chi connectivity index (χ1) is 11.0. The number of hydrogen-bond acceptors (Lipinski definition) is 6. The zero-order valence-electron chi connectivity index (χ0n) is 12.4. The summed E-state index contributed by atoms with van der Waals surface area (Å²) < 4.78 is 22.4. The van der Waals surface area contributed by atoms with Gasteiger partial charge >= 0.3 is 5.97 Å². The number of Topliss-reactive ketones (excluding diaryl/α,β-unsaturated/α-hetero) is 2. The van der Waals surface area contributed by atoms with E-state index in [-0.39, 0.29) is 18.3 Å². The zero-order chi connectivity index (χ0) is 16.8. The molecule has 6 nitrogen and oxygen atoms in total. The predicted molar refractivity (Wildman–Crippen MR) is 76.3 cm³/mol. The summed E-state index contributed by atoms with van der Waals surface area (Å²) in [7, 11) is 0. The van der Waals surface area contributed by atoms with Gasteiger partial charge < -0.3 is 9.15 Å². The lowest BCUT2D eigenvalue weighted by Crippen LogP contribution is -2.20. The van der Waals surface area contributed by atoms with Crippen LogP contribution in [0.2, 0.25) is 0 Å². The molecule has 0 saturated carbocycles. The minimum Gasteiger partial charge on any atom is -0.460 e. The molecule has 2 aromatic rings. The van der Waals surface area contributed by atoms with Crippen LogP contribution >= 0.6 is 0 Å². The number of hydrogen-bond donors (Lipinski definition) is 0. The molecule has 120 valence electrons. The van der Waals surface area contributed by atoms with Gasteiger partial charge in [0, 0.05) is 6.42 Å². The molecular formula is C16H14FNO5. The lowest BCUT2D eigenvalue weighted by molar-refractivity contribution is -0.153. The lowest BCUT2D eigenvalue weighted by atomic mass is 10.1. The number of aromatic nitrogens is 1. The summed E-state index contributed by atoms with van der Waals surface area (Å²) in [5, 5.41) is 0. The first kappa shape index (κ1) is 16.5. The highest BCUT2D eigenvalue weighted by molar-refractivity contribution is 6.37. The van der Waals surface area contributed by atoms with Crippen LogP contribution in [0.4, 0.5) is 4.39 Å². The molecule has 0 unspecified atom stereocenters. The fraction of sp³-hybridized carbons (Fsp3) is 0.250. The summed E-state index contributed by atoms with van der Waals surface area (Å²) in [4.78, 5) is 38.4. The maximum Gasteiger partial charge on any atom is 0.375 e. The Morgan fingerprint density at radius 2 is 1.91 bits per heavy atom. The van der Waals surface area contributed by atoms with Gasteiger partial charge in [0.2, 0.25) is 11.6 Å². The number of ketones is 2.